The molecule has 3 rings (SSSR count). The van der Waals surface area contributed by atoms with Crippen molar-refractivity contribution in [3.63, 3.8) is 0 Å². The van der Waals surface area contributed by atoms with Crippen LogP contribution in [0.25, 0.3) is 0 Å². The second-order valence-electron chi connectivity index (χ2n) is 5.63. The van der Waals surface area contributed by atoms with Gasteiger partial charge >= 0.3 is 0 Å². The Hall–Kier alpha value is -0.610. The zero-order chi connectivity index (χ0) is 11.8. The van der Waals surface area contributed by atoms with E-state index in [9.17, 15) is 4.79 Å². The van der Waals surface area contributed by atoms with Crippen molar-refractivity contribution in [1.29, 1.82) is 0 Å². The van der Waals surface area contributed by atoms with E-state index in [0.29, 0.717) is 18.1 Å². The fourth-order valence-electron chi connectivity index (χ4n) is 3.55. The number of likely N-dealkylation sites (N-methyl/N-ethyl adjacent to an activating group) is 1. The van der Waals surface area contributed by atoms with E-state index in [1.165, 1.54) is 6.42 Å². The van der Waals surface area contributed by atoms with Crippen molar-refractivity contribution in [3.8, 4) is 0 Å². The molecule has 4 atom stereocenters. The molecule has 0 saturated carbocycles. The van der Waals surface area contributed by atoms with Gasteiger partial charge in [-0.25, -0.2) is 0 Å². The lowest BCUT2D eigenvalue weighted by Crippen LogP contribution is -2.50. The quantitative estimate of drug-likeness (QED) is 0.772. The summed E-state index contributed by atoms with van der Waals surface area (Å²) in [6.45, 7) is 1.81. The molecule has 4 nitrogen and oxygen atoms in total. The minimum absolute atomic E-state index is 0.157. The van der Waals surface area contributed by atoms with Crippen LogP contribution in [0.4, 0.5) is 0 Å². The highest BCUT2D eigenvalue weighted by molar-refractivity contribution is 5.80. The largest absolute Gasteiger partial charge is 0.374 e. The summed E-state index contributed by atoms with van der Waals surface area (Å²) in [7, 11) is 1.99. The summed E-state index contributed by atoms with van der Waals surface area (Å²) >= 11 is 0. The molecule has 3 fully saturated rings. The lowest BCUT2D eigenvalue weighted by Gasteiger charge is -2.35. The van der Waals surface area contributed by atoms with Crippen LogP contribution in [-0.2, 0) is 9.53 Å². The van der Waals surface area contributed by atoms with E-state index in [4.69, 9.17) is 4.74 Å². The van der Waals surface area contributed by atoms with Crippen LogP contribution in [0.3, 0.4) is 0 Å². The average Bonchev–Trinajstić information content (AvgIpc) is 3.00. The van der Waals surface area contributed by atoms with E-state index >= 15 is 0 Å². The molecule has 3 aliphatic rings. The Balaban J connectivity index is 1.62. The summed E-state index contributed by atoms with van der Waals surface area (Å²) in [5, 5.41) is 3.29. The zero-order valence-electron chi connectivity index (χ0n) is 10.5. The predicted octanol–water partition coefficient (Wildman–Crippen LogP) is 0.764. The molecule has 0 radical (unpaired) electrons. The van der Waals surface area contributed by atoms with Crippen LogP contribution < -0.4 is 5.32 Å². The molecule has 3 aliphatic heterocycles. The maximum absolute atomic E-state index is 12.5. The van der Waals surface area contributed by atoms with Gasteiger partial charge in [0.05, 0.1) is 18.1 Å². The topological polar surface area (TPSA) is 41.6 Å². The first kappa shape index (κ1) is 11.5. The van der Waals surface area contributed by atoms with E-state index in [1.54, 1.807) is 0 Å². The van der Waals surface area contributed by atoms with E-state index < -0.39 is 0 Å². The minimum Gasteiger partial charge on any atom is -0.374 e. The van der Waals surface area contributed by atoms with Gasteiger partial charge in [-0.05, 0) is 39.2 Å². The number of piperidine rings is 1. The molecular weight excluding hydrogens is 216 g/mol. The van der Waals surface area contributed by atoms with Gasteiger partial charge in [0.2, 0.25) is 5.91 Å². The third kappa shape index (κ3) is 2.08. The Morgan fingerprint density at radius 2 is 2.24 bits per heavy atom. The number of hydrogen-bond donors (Lipinski definition) is 1. The molecule has 1 N–H and O–H groups in total. The molecule has 4 unspecified atom stereocenters. The number of carbonyl (C=O) groups is 1. The second-order valence-corrected chi connectivity index (χ2v) is 5.63. The van der Waals surface area contributed by atoms with E-state index in [-0.39, 0.29) is 12.0 Å². The van der Waals surface area contributed by atoms with Gasteiger partial charge in [0.15, 0.2) is 0 Å². The number of carbonyl (C=O) groups excluding carboxylic acids is 1. The standard InChI is InChI=1S/C13H22N2O2/c1-14-9-3-2-6-15(8-9)13(16)11-7-10-4-5-12(11)17-10/h9-12,14H,2-8H2,1H3. The summed E-state index contributed by atoms with van der Waals surface area (Å²) in [4.78, 5) is 14.5. The van der Waals surface area contributed by atoms with E-state index in [2.05, 4.69) is 10.2 Å². The number of nitrogens with zero attached hydrogens (tertiary/aromatic N) is 1. The first-order valence-electron chi connectivity index (χ1n) is 6.89. The maximum atomic E-state index is 12.5. The van der Waals surface area contributed by atoms with Crippen LogP contribution in [0.1, 0.15) is 32.1 Å². The number of ether oxygens (including phenoxy) is 1. The van der Waals surface area contributed by atoms with Gasteiger partial charge in [0, 0.05) is 19.1 Å². The number of fused-ring (bicyclic) bond motifs is 2. The van der Waals surface area contributed by atoms with Crippen molar-refractivity contribution < 1.29 is 9.53 Å². The van der Waals surface area contributed by atoms with Gasteiger partial charge < -0.3 is 15.0 Å². The third-order valence-corrected chi connectivity index (χ3v) is 4.56. The van der Waals surface area contributed by atoms with Gasteiger partial charge in [-0.2, -0.15) is 0 Å². The van der Waals surface area contributed by atoms with Crippen LogP contribution in [0.2, 0.25) is 0 Å². The third-order valence-electron chi connectivity index (χ3n) is 4.56. The SMILES string of the molecule is CNC1CCCN(C(=O)C2CC3CCC2O3)C1. The lowest BCUT2D eigenvalue weighted by atomic mass is 9.87. The number of likely N-dealkylation sites (tertiary alicyclic amines) is 1. The molecule has 2 bridgehead atoms. The first-order chi connectivity index (χ1) is 8.28. The van der Waals surface area contributed by atoms with Crippen LogP contribution in [0.5, 0.6) is 0 Å². The number of rotatable bonds is 2. The molecule has 17 heavy (non-hydrogen) atoms. The van der Waals surface area contributed by atoms with Crippen molar-refractivity contribution in [2.45, 2.75) is 50.4 Å². The number of amides is 1. The summed E-state index contributed by atoms with van der Waals surface area (Å²) < 4.78 is 5.79. The summed E-state index contributed by atoms with van der Waals surface area (Å²) in [5.74, 6) is 0.501. The normalized spacial score (nSPS) is 40.9. The molecule has 0 aromatic heterocycles. The summed E-state index contributed by atoms with van der Waals surface area (Å²) in [5.41, 5.74) is 0. The molecule has 1 amide bonds. The molecular formula is C13H22N2O2. The predicted molar refractivity (Wildman–Crippen MR) is 64.7 cm³/mol. The molecule has 0 aromatic rings. The highest BCUT2D eigenvalue weighted by Gasteiger charge is 2.46. The van der Waals surface area contributed by atoms with Gasteiger partial charge in [0.25, 0.3) is 0 Å². The average molecular weight is 238 g/mol. The van der Waals surface area contributed by atoms with Gasteiger partial charge in [-0.15, -0.1) is 0 Å². The Kier molecular flexibility index (Phi) is 3.09. The van der Waals surface area contributed by atoms with E-state index in [1.807, 2.05) is 7.05 Å². The zero-order valence-corrected chi connectivity index (χ0v) is 10.5. The smallest absolute Gasteiger partial charge is 0.228 e. The molecule has 3 heterocycles. The Morgan fingerprint density at radius 3 is 2.88 bits per heavy atom. The van der Waals surface area contributed by atoms with E-state index in [0.717, 1.165) is 38.8 Å². The second kappa shape index (κ2) is 4.58. The molecule has 3 saturated heterocycles. The summed E-state index contributed by atoms with van der Waals surface area (Å²) in [6.07, 6.45) is 6.12. The molecule has 96 valence electrons. The fraction of sp³-hybridized carbons (Fsp3) is 0.923. The van der Waals surface area contributed by atoms with Crippen LogP contribution >= 0.6 is 0 Å². The fourth-order valence-corrected chi connectivity index (χ4v) is 3.55. The Morgan fingerprint density at radius 1 is 1.35 bits per heavy atom. The van der Waals surface area contributed by atoms with Crippen LogP contribution in [0, 0.1) is 5.92 Å². The summed E-state index contributed by atoms with van der Waals surface area (Å²) in [6, 6.07) is 0.479. The van der Waals surface area contributed by atoms with Crippen molar-refractivity contribution >= 4 is 5.91 Å². The van der Waals surface area contributed by atoms with Crippen molar-refractivity contribution in [1.82, 2.24) is 10.2 Å². The highest BCUT2D eigenvalue weighted by Crippen LogP contribution is 2.39. The molecule has 0 aliphatic carbocycles. The van der Waals surface area contributed by atoms with Crippen molar-refractivity contribution in [2.75, 3.05) is 20.1 Å². The molecule has 4 heteroatoms. The van der Waals surface area contributed by atoms with Gasteiger partial charge in [-0.1, -0.05) is 0 Å². The van der Waals surface area contributed by atoms with Crippen molar-refractivity contribution in [2.24, 2.45) is 5.92 Å². The maximum Gasteiger partial charge on any atom is 0.228 e. The first-order valence-corrected chi connectivity index (χ1v) is 6.89. The Bertz CT molecular complexity index is 308. The van der Waals surface area contributed by atoms with Gasteiger partial charge in [0.1, 0.15) is 0 Å². The van der Waals surface area contributed by atoms with Crippen molar-refractivity contribution in [3.05, 3.63) is 0 Å². The Labute approximate surface area is 103 Å². The molecule has 0 spiro atoms. The van der Waals surface area contributed by atoms with Gasteiger partial charge in [-0.3, -0.25) is 4.79 Å². The lowest BCUT2D eigenvalue weighted by molar-refractivity contribution is -0.138. The van der Waals surface area contributed by atoms with Crippen LogP contribution in [-0.4, -0.2) is 49.2 Å². The minimum atomic E-state index is 0.157. The van der Waals surface area contributed by atoms with Crippen LogP contribution in [0.15, 0.2) is 0 Å². The highest BCUT2D eigenvalue weighted by atomic mass is 16.5. The molecule has 0 aromatic carbocycles. The number of hydrogen-bond acceptors (Lipinski definition) is 3. The monoisotopic (exact) mass is 238 g/mol. The number of nitrogens with one attached hydrogen (secondary N) is 1.